The Morgan fingerprint density at radius 3 is 2.57 bits per heavy atom. The predicted octanol–water partition coefficient (Wildman–Crippen LogP) is 4.29. The first kappa shape index (κ1) is 14.0. The van der Waals surface area contributed by atoms with Crippen LogP contribution in [0.5, 0.6) is 0 Å². The molecule has 0 saturated carbocycles. The lowest BCUT2D eigenvalue weighted by molar-refractivity contribution is -0.114. The molecule has 0 bridgehead atoms. The highest BCUT2D eigenvalue weighted by Crippen LogP contribution is 2.37. The fourth-order valence-corrected chi connectivity index (χ4v) is 3.67. The van der Waals surface area contributed by atoms with Gasteiger partial charge in [-0.25, -0.2) is 0 Å². The van der Waals surface area contributed by atoms with Crippen LogP contribution in [0.25, 0.3) is 0 Å². The molecule has 0 radical (unpaired) electrons. The van der Waals surface area contributed by atoms with Gasteiger partial charge in [0.1, 0.15) is 0 Å². The van der Waals surface area contributed by atoms with E-state index in [0.717, 1.165) is 23.5 Å². The Morgan fingerprint density at radius 2 is 1.81 bits per heavy atom. The third-order valence-corrected chi connectivity index (χ3v) is 4.63. The molecule has 2 aromatic rings. The van der Waals surface area contributed by atoms with Crippen molar-refractivity contribution >= 4 is 29.0 Å². The van der Waals surface area contributed by atoms with Crippen molar-refractivity contribution in [3.63, 3.8) is 0 Å². The summed E-state index contributed by atoms with van der Waals surface area (Å²) in [5.41, 5.74) is 3.28. The average molecular weight is 298 g/mol. The van der Waals surface area contributed by atoms with Crippen LogP contribution in [0, 0.1) is 0 Å². The van der Waals surface area contributed by atoms with Crippen molar-refractivity contribution in [2.75, 3.05) is 16.4 Å². The van der Waals surface area contributed by atoms with Gasteiger partial charge < -0.3 is 10.6 Å². The molecular formula is C17H18N2OS. The summed E-state index contributed by atoms with van der Waals surface area (Å²) >= 11 is 1.92. The van der Waals surface area contributed by atoms with Crippen LogP contribution in [0.4, 0.5) is 11.4 Å². The summed E-state index contributed by atoms with van der Waals surface area (Å²) in [4.78, 5) is 12.4. The number of hydrogen-bond acceptors (Lipinski definition) is 3. The van der Waals surface area contributed by atoms with E-state index in [4.69, 9.17) is 0 Å². The predicted molar refractivity (Wildman–Crippen MR) is 88.9 cm³/mol. The number of carbonyl (C=O) groups is 1. The van der Waals surface area contributed by atoms with Gasteiger partial charge in [0.05, 0.1) is 6.04 Å². The Kier molecular flexibility index (Phi) is 4.15. The molecule has 0 saturated heterocycles. The molecule has 21 heavy (non-hydrogen) atoms. The van der Waals surface area contributed by atoms with Crippen LogP contribution in [-0.2, 0) is 4.79 Å². The second kappa shape index (κ2) is 6.22. The first-order valence-corrected chi connectivity index (χ1v) is 8.07. The standard InChI is InChI=1S/C17H18N2OS/c1-12(20)18-13-6-8-14(9-7-13)19-16-10-11-21-17-5-3-2-4-15(16)17/h2-9,16,19H,10-11H2,1H3,(H,18,20). The second-order valence-electron chi connectivity index (χ2n) is 5.13. The zero-order valence-corrected chi connectivity index (χ0v) is 12.7. The van der Waals surface area contributed by atoms with Crippen molar-refractivity contribution < 1.29 is 4.79 Å². The summed E-state index contributed by atoms with van der Waals surface area (Å²) in [5, 5.41) is 6.37. The van der Waals surface area contributed by atoms with Gasteiger partial charge in [0.15, 0.2) is 0 Å². The summed E-state index contributed by atoms with van der Waals surface area (Å²) < 4.78 is 0. The molecule has 3 rings (SSSR count). The van der Waals surface area contributed by atoms with Crippen LogP contribution in [-0.4, -0.2) is 11.7 Å². The molecule has 0 fully saturated rings. The monoisotopic (exact) mass is 298 g/mol. The lowest BCUT2D eigenvalue weighted by Crippen LogP contribution is -2.16. The van der Waals surface area contributed by atoms with E-state index in [9.17, 15) is 4.79 Å². The fraction of sp³-hybridized carbons (Fsp3) is 0.235. The van der Waals surface area contributed by atoms with E-state index in [1.807, 2.05) is 36.0 Å². The maximum Gasteiger partial charge on any atom is 0.221 e. The van der Waals surface area contributed by atoms with Gasteiger partial charge in [0.2, 0.25) is 5.91 Å². The average Bonchev–Trinajstić information content (AvgIpc) is 2.49. The third kappa shape index (κ3) is 3.39. The Balaban J connectivity index is 1.74. The van der Waals surface area contributed by atoms with Crippen molar-refractivity contribution in [2.24, 2.45) is 0 Å². The summed E-state index contributed by atoms with van der Waals surface area (Å²) in [5.74, 6) is 1.09. The number of nitrogens with one attached hydrogen (secondary N) is 2. The van der Waals surface area contributed by atoms with Crippen LogP contribution >= 0.6 is 11.8 Å². The van der Waals surface area contributed by atoms with Gasteiger partial charge in [-0.3, -0.25) is 4.79 Å². The van der Waals surface area contributed by atoms with E-state index < -0.39 is 0 Å². The molecule has 0 aliphatic carbocycles. The van der Waals surface area contributed by atoms with Crippen molar-refractivity contribution in [1.29, 1.82) is 0 Å². The highest BCUT2D eigenvalue weighted by molar-refractivity contribution is 7.99. The molecule has 4 heteroatoms. The summed E-state index contributed by atoms with van der Waals surface area (Å²) in [6, 6.07) is 16.8. The quantitative estimate of drug-likeness (QED) is 0.888. The third-order valence-electron chi connectivity index (χ3n) is 3.50. The number of fused-ring (bicyclic) bond motifs is 1. The number of rotatable bonds is 3. The number of thioether (sulfide) groups is 1. The Morgan fingerprint density at radius 1 is 1.10 bits per heavy atom. The van der Waals surface area contributed by atoms with E-state index in [1.54, 1.807) is 0 Å². The molecule has 1 atom stereocenters. The zero-order valence-electron chi connectivity index (χ0n) is 11.9. The van der Waals surface area contributed by atoms with E-state index in [1.165, 1.54) is 17.4 Å². The number of carbonyl (C=O) groups excluding carboxylic acids is 1. The molecular weight excluding hydrogens is 280 g/mol. The topological polar surface area (TPSA) is 41.1 Å². The lowest BCUT2D eigenvalue weighted by atomic mass is 10.0. The van der Waals surface area contributed by atoms with E-state index in [-0.39, 0.29) is 5.91 Å². The van der Waals surface area contributed by atoms with E-state index >= 15 is 0 Å². The molecule has 1 amide bonds. The minimum Gasteiger partial charge on any atom is -0.378 e. The Labute approximate surface area is 129 Å². The normalized spacial score (nSPS) is 16.9. The van der Waals surface area contributed by atoms with Crippen LogP contribution < -0.4 is 10.6 Å². The van der Waals surface area contributed by atoms with Crippen LogP contribution in [0.15, 0.2) is 53.4 Å². The fourth-order valence-electron chi connectivity index (χ4n) is 2.55. The summed E-state index contributed by atoms with van der Waals surface area (Å²) in [7, 11) is 0. The minimum atomic E-state index is -0.0473. The lowest BCUT2D eigenvalue weighted by Gasteiger charge is -2.26. The molecule has 108 valence electrons. The first-order chi connectivity index (χ1) is 10.2. The van der Waals surface area contributed by atoms with Crippen LogP contribution in [0.2, 0.25) is 0 Å². The van der Waals surface area contributed by atoms with Gasteiger partial charge in [-0.2, -0.15) is 0 Å². The maximum absolute atomic E-state index is 11.0. The number of anilines is 2. The Bertz CT molecular complexity index is 639. The maximum atomic E-state index is 11.0. The van der Waals surface area contributed by atoms with Gasteiger partial charge in [0, 0.05) is 28.9 Å². The zero-order chi connectivity index (χ0) is 14.7. The Hall–Kier alpha value is -1.94. The molecule has 2 aromatic carbocycles. The minimum absolute atomic E-state index is 0.0473. The molecule has 1 aliphatic heterocycles. The molecule has 1 unspecified atom stereocenters. The van der Waals surface area contributed by atoms with Crippen molar-refractivity contribution in [3.05, 3.63) is 54.1 Å². The largest absolute Gasteiger partial charge is 0.378 e. The van der Waals surface area contributed by atoms with E-state index in [0.29, 0.717) is 6.04 Å². The molecule has 1 aliphatic rings. The smallest absolute Gasteiger partial charge is 0.221 e. The highest BCUT2D eigenvalue weighted by Gasteiger charge is 2.19. The highest BCUT2D eigenvalue weighted by atomic mass is 32.2. The first-order valence-electron chi connectivity index (χ1n) is 7.08. The molecule has 3 nitrogen and oxygen atoms in total. The number of amides is 1. The number of benzene rings is 2. The molecule has 1 heterocycles. The summed E-state index contributed by atoms with van der Waals surface area (Å²) in [6.07, 6.45) is 1.12. The van der Waals surface area contributed by atoms with Crippen LogP contribution in [0.3, 0.4) is 0 Å². The molecule has 2 N–H and O–H groups in total. The number of hydrogen-bond donors (Lipinski definition) is 2. The molecule has 0 spiro atoms. The van der Waals surface area contributed by atoms with Crippen LogP contribution in [0.1, 0.15) is 24.9 Å². The van der Waals surface area contributed by atoms with Crippen molar-refractivity contribution in [2.45, 2.75) is 24.3 Å². The van der Waals surface area contributed by atoms with Crippen molar-refractivity contribution in [3.8, 4) is 0 Å². The van der Waals surface area contributed by atoms with Gasteiger partial charge in [-0.1, -0.05) is 18.2 Å². The van der Waals surface area contributed by atoms with Gasteiger partial charge in [0.25, 0.3) is 0 Å². The second-order valence-corrected chi connectivity index (χ2v) is 6.27. The summed E-state index contributed by atoms with van der Waals surface area (Å²) in [6.45, 7) is 1.52. The van der Waals surface area contributed by atoms with E-state index in [2.05, 4.69) is 34.9 Å². The molecule has 0 aromatic heterocycles. The van der Waals surface area contributed by atoms with Crippen molar-refractivity contribution in [1.82, 2.24) is 0 Å². The van der Waals surface area contributed by atoms with Gasteiger partial charge >= 0.3 is 0 Å². The van der Waals surface area contributed by atoms with Gasteiger partial charge in [-0.15, -0.1) is 11.8 Å². The SMILES string of the molecule is CC(=O)Nc1ccc(NC2CCSc3ccccc32)cc1. The van der Waals surface area contributed by atoms with Gasteiger partial charge in [-0.05, 0) is 42.3 Å².